The van der Waals surface area contributed by atoms with Crippen molar-refractivity contribution in [1.29, 1.82) is 0 Å². The second-order valence-corrected chi connectivity index (χ2v) is 6.94. The third kappa shape index (κ3) is 4.29. The molecule has 3 aromatic heterocycles. The van der Waals surface area contributed by atoms with Crippen molar-refractivity contribution in [2.75, 3.05) is 25.6 Å². The van der Waals surface area contributed by atoms with Gasteiger partial charge in [-0.05, 0) is 45.4 Å². The minimum Gasteiger partial charge on any atom is -0.481 e. The van der Waals surface area contributed by atoms with Crippen LogP contribution in [0.25, 0.3) is 16.8 Å². The lowest BCUT2D eigenvalue weighted by atomic mass is 10.1. The SMILES string of the molecule is COc1ncccc1-c1cnn2ccc(NCCCOC(C)(C)C)nc12. The molecule has 0 aliphatic carbocycles. The van der Waals surface area contributed by atoms with Gasteiger partial charge in [0.2, 0.25) is 5.88 Å². The summed E-state index contributed by atoms with van der Waals surface area (Å²) in [6.45, 7) is 7.68. The fourth-order valence-electron chi connectivity index (χ4n) is 2.58. The third-order valence-corrected chi connectivity index (χ3v) is 3.79. The zero-order valence-corrected chi connectivity index (χ0v) is 15.7. The van der Waals surface area contributed by atoms with E-state index in [1.54, 1.807) is 24.0 Å². The Morgan fingerprint density at radius 3 is 2.81 bits per heavy atom. The second-order valence-electron chi connectivity index (χ2n) is 6.94. The van der Waals surface area contributed by atoms with Crippen LogP contribution in [0.2, 0.25) is 0 Å². The zero-order valence-electron chi connectivity index (χ0n) is 15.7. The summed E-state index contributed by atoms with van der Waals surface area (Å²) in [5, 5.41) is 7.71. The minimum atomic E-state index is -0.105. The molecule has 0 atom stereocenters. The smallest absolute Gasteiger partial charge is 0.221 e. The average molecular weight is 355 g/mol. The molecule has 7 nitrogen and oxygen atoms in total. The molecule has 0 aliphatic heterocycles. The summed E-state index contributed by atoms with van der Waals surface area (Å²) in [5.74, 6) is 1.36. The van der Waals surface area contributed by atoms with Gasteiger partial charge in [-0.3, -0.25) is 0 Å². The number of pyridine rings is 1. The van der Waals surface area contributed by atoms with Crippen molar-refractivity contribution in [2.24, 2.45) is 0 Å². The van der Waals surface area contributed by atoms with E-state index >= 15 is 0 Å². The number of hydrogen-bond acceptors (Lipinski definition) is 6. The van der Waals surface area contributed by atoms with Crippen LogP contribution in [0.1, 0.15) is 27.2 Å². The van der Waals surface area contributed by atoms with Crippen molar-refractivity contribution in [3.8, 4) is 17.0 Å². The topological polar surface area (TPSA) is 73.6 Å². The molecular formula is C19H25N5O2. The van der Waals surface area contributed by atoms with Crippen molar-refractivity contribution in [3.05, 3.63) is 36.8 Å². The maximum atomic E-state index is 5.73. The van der Waals surface area contributed by atoms with Gasteiger partial charge in [-0.25, -0.2) is 14.5 Å². The monoisotopic (exact) mass is 355 g/mol. The summed E-state index contributed by atoms with van der Waals surface area (Å²) in [6.07, 6.45) is 6.28. The van der Waals surface area contributed by atoms with E-state index in [0.717, 1.165) is 35.6 Å². The van der Waals surface area contributed by atoms with Crippen molar-refractivity contribution < 1.29 is 9.47 Å². The van der Waals surface area contributed by atoms with Gasteiger partial charge in [0, 0.05) is 31.1 Å². The lowest BCUT2D eigenvalue weighted by Crippen LogP contribution is -2.20. The van der Waals surface area contributed by atoms with Crippen molar-refractivity contribution >= 4 is 11.5 Å². The first-order chi connectivity index (χ1) is 12.5. The van der Waals surface area contributed by atoms with Gasteiger partial charge in [-0.15, -0.1) is 0 Å². The van der Waals surface area contributed by atoms with Crippen molar-refractivity contribution in [2.45, 2.75) is 32.8 Å². The van der Waals surface area contributed by atoms with Crippen LogP contribution >= 0.6 is 0 Å². The lowest BCUT2D eigenvalue weighted by Gasteiger charge is -2.19. The number of nitrogens with zero attached hydrogens (tertiary/aromatic N) is 4. The summed E-state index contributed by atoms with van der Waals surface area (Å²) in [5.41, 5.74) is 2.40. The van der Waals surface area contributed by atoms with Gasteiger partial charge in [-0.2, -0.15) is 5.10 Å². The van der Waals surface area contributed by atoms with Crippen LogP contribution in [0.15, 0.2) is 36.8 Å². The summed E-state index contributed by atoms with van der Waals surface area (Å²) in [6, 6.07) is 5.74. The summed E-state index contributed by atoms with van der Waals surface area (Å²) >= 11 is 0. The van der Waals surface area contributed by atoms with Crippen LogP contribution in [0.3, 0.4) is 0 Å². The number of hydrogen-bond donors (Lipinski definition) is 1. The molecule has 7 heteroatoms. The summed E-state index contributed by atoms with van der Waals surface area (Å²) < 4.78 is 12.8. The Morgan fingerprint density at radius 1 is 1.19 bits per heavy atom. The van der Waals surface area contributed by atoms with E-state index in [4.69, 9.17) is 14.5 Å². The molecule has 0 saturated carbocycles. The molecule has 3 aromatic rings. The maximum Gasteiger partial charge on any atom is 0.221 e. The fraction of sp³-hybridized carbons (Fsp3) is 0.421. The first kappa shape index (κ1) is 18.1. The Morgan fingerprint density at radius 2 is 2.04 bits per heavy atom. The van der Waals surface area contributed by atoms with E-state index < -0.39 is 0 Å². The molecule has 0 saturated heterocycles. The Bertz CT molecular complexity index is 870. The molecule has 0 unspecified atom stereocenters. The zero-order chi connectivity index (χ0) is 18.6. The number of rotatable bonds is 7. The Hall–Kier alpha value is -2.67. The van der Waals surface area contributed by atoms with Gasteiger partial charge in [0.1, 0.15) is 5.82 Å². The number of fused-ring (bicyclic) bond motifs is 1. The number of ether oxygens (including phenoxy) is 2. The molecule has 0 aliphatic rings. The first-order valence-electron chi connectivity index (χ1n) is 8.69. The first-order valence-corrected chi connectivity index (χ1v) is 8.69. The Balaban J connectivity index is 1.74. The number of anilines is 1. The van der Waals surface area contributed by atoms with E-state index in [2.05, 4.69) is 36.2 Å². The van der Waals surface area contributed by atoms with Crippen molar-refractivity contribution in [1.82, 2.24) is 19.6 Å². The predicted octanol–water partition coefficient (Wildman–Crippen LogP) is 3.42. The fourth-order valence-corrected chi connectivity index (χ4v) is 2.58. The molecule has 0 radical (unpaired) electrons. The van der Waals surface area contributed by atoms with Crippen LogP contribution in [0.5, 0.6) is 5.88 Å². The van der Waals surface area contributed by atoms with Crippen LogP contribution < -0.4 is 10.1 Å². The normalized spacial score (nSPS) is 11.7. The quantitative estimate of drug-likeness (QED) is 0.655. The maximum absolute atomic E-state index is 5.73. The third-order valence-electron chi connectivity index (χ3n) is 3.79. The van der Waals surface area contributed by atoms with Crippen LogP contribution in [0, 0.1) is 0 Å². The van der Waals surface area contributed by atoms with Crippen molar-refractivity contribution in [3.63, 3.8) is 0 Å². The molecule has 0 amide bonds. The highest BCUT2D eigenvalue weighted by Gasteiger charge is 2.14. The molecule has 0 bridgehead atoms. The minimum absolute atomic E-state index is 0.105. The number of nitrogens with one attached hydrogen (secondary N) is 1. The highest BCUT2D eigenvalue weighted by atomic mass is 16.5. The van der Waals surface area contributed by atoms with Gasteiger partial charge in [0.15, 0.2) is 5.65 Å². The van der Waals surface area contributed by atoms with E-state index in [9.17, 15) is 0 Å². The highest BCUT2D eigenvalue weighted by molar-refractivity contribution is 5.80. The second kappa shape index (κ2) is 7.70. The molecule has 138 valence electrons. The number of methoxy groups -OCH3 is 1. The molecule has 0 spiro atoms. The standard InChI is InChI=1S/C19H25N5O2/c1-19(2,3)26-12-6-10-20-16-8-11-24-17(23-16)15(13-22-24)14-7-5-9-21-18(14)25-4/h5,7-9,11,13H,6,10,12H2,1-4H3,(H,20,23). The Labute approximate surface area is 153 Å². The highest BCUT2D eigenvalue weighted by Crippen LogP contribution is 2.30. The molecule has 1 N–H and O–H groups in total. The van der Waals surface area contributed by atoms with Crippen LogP contribution in [0.4, 0.5) is 5.82 Å². The molecule has 26 heavy (non-hydrogen) atoms. The molecular weight excluding hydrogens is 330 g/mol. The Kier molecular flexibility index (Phi) is 5.37. The van der Waals surface area contributed by atoms with Crippen LogP contribution in [-0.4, -0.2) is 45.4 Å². The largest absolute Gasteiger partial charge is 0.481 e. The van der Waals surface area contributed by atoms with Gasteiger partial charge in [-0.1, -0.05) is 0 Å². The van der Waals surface area contributed by atoms with Gasteiger partial charge in [0.25, 0.3) is 0 Å². The lowest BCUT2D eigenvalue weighted by molar-refractivity contribution is -0.00279. The van der Waals surface area contributed by atoms with E-state index in [1.807, 2.05) is 24.4 Å². The van der Waals surface area contributed by atoms with Gasteiger partial charge < -0.3 is 14.8 Å². The predicted molar refractivity (Wildman–Crippen MR) is 102 cm³/mol. The van der Waals surface area contributed by atoms with E-state index in [1.165, 1.54) is 0 Å². The van der Waals surface area contributed by atoms with Crippen LogP contribution in [-0.2, 0) is 4.74 Å². The van der Waals surface area contributed by atoms with Gasteiger partial charge in [0.05, 0.1) is 24.5 Å². The average Bonchev–Trinajstić information content (AvgIpc) is 3.03. The molecule has 3 rings (SSSR count). The molecule has 0 fully saturated rings. The molecule has 0 aromatic carbocycles. The molecule has 3 heterocycles. The van der Waals surface area contributed by atoms with E-state index in [-0.39, 0.29) is 5.60 Å². The van der Waals surface area contributed by atoms with Gasteiger partial charge >= 0.3 is 0 Å². The van der Waals surface area contributed by atoms with E-state index in [0.29, 0.717) is 12.5 Å². The summed E-state index contributed by atoms with van der Waals surface area (Å²) in [4.78, 5) is 8.95. The number of aromatic nitrogens is 4. The summed E-state index contributed by atoms with van der Waals surface area (Å²) in [7, 11) is 1.61.